The molecular weight excluding hydrogens is 330 g/mol. The Labute approximate surface area is 155 Å². The molecule has 0 aromatic heterocycles. The molecule has 0 fully saturated rings. The summed E-state index contributed by atoms with van der Waals surface area (Å²) in [7, 11) is 3.27. The van der Waals surface area contributed by atoms with Crippen molar-refractivity contribution >= 4 is 17.6 Å². The molecule has 0 amide bonds. The second kappa shape index (κ2) is 12.5. The molecule has 0 heterocycles. The Morgan fingerprint density at radius 1 is 1.12 bits per heavy atom. The first-order valence-electron chi connectivity index (χ1n) is 8.39. The van der Waals surface area contributed by atoms with Crippen molar-refractivity contribution in [3.63, 3.8) is 0 Å². The fourth-order valence-corrected chi connectivity index (χ4v) is 1.95. The monoisotopic (exact) mass is 359 g/mol. The zero-order valence-corrected chi connectivity index (χ0v) is 16.4. The van der Waals surface area contributed by atoms with Gasteiger partial charge in [0.15, 0.2) is 0 Å². The Balaban J connectivity index is 0.00000301. The van der Waals surface area contributed by atoms with E-state index in [1.54, 1.807) is 14.1 Å². The largest absolute Gasteiger partial charge is 0.478 e. The molecule has 0 spiro atoms. The maximum Gasteiger partial charge on any atom is 0.331 e. The smallest absolute Gasteiger partial charge is 0.331 e. The molecule has 1 aromatic carbocycles. The van der Waals surface area contributed by atoms with Gasteiger partial charge < -0.3 is 15.6 Å². The molecule has 26 heavy (non-hydrogen) atoms. The van der Waals surface area contributed by atoms with E-state index in [0.29, 0.717) is 6.61 Å². The third-order valence-corrected chi connectivity index (χ3v) is 3.36. The van der Waals surface area contributed by atoms with Gasteiger partial charge in [-0.3, -0.25) is 9.98 Å². The van der Waals surface area contributed by atoms with Crippen LogP contribution < -0.4 is 5.73 Å². The standard InChI is InChI=1S/C18H23N3O3.C2H6/c1-12(18(22)23)9-16(20-3)24-11-14-5-7-15(8-6-14)17(21-4)13(2)10-19;1-2/h5-10H,11,19H2,1-4H3,(H,22,23);1-2H3/b12-9+,13-10-,20-16?,21-17?;. The SMILES string of the molecule is CC.CN=C(/C=C(\C)C(=O)O)OCc1ccc(C(=NC)/C(C)=C\N)cc1. The fourth-order valence-electron chi connectivity index (χ4n) is 1.95. The first-order valence-corrected chi connectivity index (χ1v) is 8.39. The van der Waals surface area contributed by atoms with Crippen molar-refractivity contribution in [2.24, 2.45) is 15.7 Å². The molecule has 0 saturated carbocycles. The van der Waals surface area contributed by atoms with Crippen molar-refractivity contribution in [3.8, 4) is 0 Å². The fraction of sp³-hybridized carbons (Fsp3) is 0.350. The average molecular weight is 359 g/mol. The van der Waals surface area contributed by atoms with Crippen molar-refractivity contribution in [1.29, 1.82) is 0 Å². The average Bonchev–Trinajstić information content (AvgIpc) is 2.67. The maximum atomic E-state index is 10.8. The van der Waals surface area contributed by atoms with Gasteiger partial charge in [0.05, 0.1) is 5.71 Å². The van der Waals surface area contributed by atoms with Gasteiger partial charge in [-0.2, -0.15) is 0 Å². The van der Waals surface area contributed by atoms with Crippen LogP contribution >= 0.6 is 0 Å². The van der Waals surface area contributed by atoms with E-state index in [9.17, 15) is 4.79 Å². The lowest BCUT2D eigenvalue weighted by Crippen LogP contribution is -2.07. The Hall–Kier alpha value is -2.89. The van der Waals surface area contributed by atoms with Crippen LogP contribution in [0, 0.1) is 0 Å². The Kier molecular flexibility index (Phi) is 11.1. The van der Waals surface area contributed by atoms with E-state index in [0.717, 1.165) is 22.4 Å². The summed E-state index contributed by atoms with van der Waals surface area (Å²) in [6, 6.07) is 7.72. The second-order valence-electron chi connectivity index (χ2n) is 5.10. The van der Waals surface area contributed by atoms with Gasteiger partial charge in [-0.15, -0.1) is 0 Å². The van der Waals surface area contributed by atoms with Gasteiger partial charge in [0.2, 0.25) is 5.90 Å². The van der Waals surface area contributed by atoms with Crippen LogP contribution in [0.15, 0.2) is 57.7 Å². The molecule has 0 saturated heterocycles. The number of nitrogens with two attached hydrogens (primary N) is 1. The van der Waals surface area contributed by atoms with Gasteiger partial charge in [-0.25, -0.2) is 4.79 Å². The third kappa shape index (κ3) is 7.34. The van der Waals surface area contributed by atoms with E-state index in [-0.39, 0.29) is 11.5 Å². The summed E-state index contributed by atoms with van der Waals surface area (Å²) >= 11 is 0. The van der Waals surface area contributed by atoms with E-state index in [1.807, 2.05) is 45.0 Å². The molecule has 0 aliphatic carbocycles. The number of hydrogen-bond acceptors (Lipinski definition) is 5. The quantitative estimate of drug-likeness (QED) is 0.461. The van der Waals surface area contributed by atoms with Gasteiger partial charge in [0, 0.05) is 25.7 Å². The lowest BCUT2D eigenvalue weighted by atomic mass is 10.0. The van der Waals surface area contributed by atoms with E-state index in [4.69, 9.17) is 15.6 Å². The molecular formula is C20H29N3O3. The highest BCUT2D eigenvalue weighted by Crippen LogP contribution is 2.12. The summed E-state index contributed by atoms with van der Waals surface area (Å²) in [4.78, 5) is 19.0. The van der Waals surface area contributed by atoms with Crippen molar-refractivity contribution in [2.75, 3.05) is 14.1 Å². The minimum atomic E-state index is -1.00. The molecule has 3 N–H and O–H groups in total. The molecule has 1 aromatic rings. The lowest BCUT2D eigenvalue weighted by Gasteiger charge is -2.09. The van der Waals surface area contributed by atoms with Crippen molar-refractivity contribution in [1.82, 2.24) is 0 Å². The lowest BCUT2D eigenvalue weighted by molar-refractivity contribution is -0.132. The molecule has 1 rings (SSSR count). The summed E-state index contributed by atoms with van der Waals surface area (Å²) in [5.41, 5.74) is 9.35. The predicted molar refractivity (Wildman–Crippen MR) is 108 cm³/mol. The van der Waals surface area contributed by atoms with Gasteiger partial charge >= 0.3 is 5.97 Å². The van der Waals surface area contributed by atoms with Gasteiger partial charge in [-0.1, -0.05) is 38.1 Å². The highest BCUT2D eigenvalue weighted by molar-refractivity contribution is 6.12. The van der Waals surface area contributed by atoms with Crippen LogP contribution in [-0.4, -0.2) is 36.8 Å². The number of rotatable bonds is 6. The second-order valence-corrected chi connectivity index (χ2v) is 5.10. The Morgan fingerprint density at radius 2 is 1.69 bits per heavy atom. The number of aliphatic carboxylic acids is 1. The number of carboxylic acids is 1. The summed E-state index contributed by atoms with van der Waals surface area (Å²) in [5, 5.41) is 8.88. The van der Waals surface area contributed by atoms with Gasteiger partial charge in [-0.05, 0) is 36.7 Å². The molecule has 0 bridgehead atoms. The van der Waals surface area contributed by atoms with Crippen LogP contribution in [0.25, 0.3) is 0 Å². The molecule has 0 radical (unpaired) electrons. The van der Waals surface area contributed by atoms with Crippen LogP contribution in [0.1, 0.15) is 38.8 Å². The number of ether oxygens (including phenoxy) is 1. The highest BCUT2D eigenvalue weighted by Gasteiger charge is 2.06. The van der Waals surface area contributed by atoms with E-state index >= 15 is 0 Å². The number of benzene rings is 1. The zero-order valence-electron chi connectivity index (χ0n) is 16.4. The molecule has 6 heteroatoms. The zero-order chi connectivity index (χ0) is 20.1. The molecule has 0 aliphatic rings. The molecule has 142 valence electrons. The van der Waals surface area contributed by atoms with Crippen LogP contribution in [0.3, 0.4) is 0 Å². The molecule has 0 unspecified atom stereocenters. The topological polar surface area (TPSA) is 97.3 Å². The number of aliphatic imine (C=N–C) groups is 2. The highest BCUT2D eigenvalue weighted by atomic mass is 16.5. The number of nitrogens with zero attached hydrogens (tertiary/aromatic N) is 2. The van der Waals surface area contributed by atoms with Crippen LogP contribution in [0.2, 0.25) is 0 Å². The van der Waals surface area contributed by atoms with Crippen molar-refractivity contribution in [2.45, 2.75) is 34.3 Å². The number of allylic oxidation sites excluding steroid dienone is 1. The summed E-state index contributed by atoms with van der Waals surface area (Å²) in [6.07, 6.45) is 2.93. The molecule has 0 aliphatic heterocycles. The Morgan fingerprint density at radius 3 is 2.12 bits per heavy atom. The minimum absolute atomic E-state index is 0.166. The normalized spacial score (nSPS) is 13.0. The number of hydrogen-bond donors (Lipinski definition) is 2. The Bertz CT molecular complexity index is 700. The third-order valence-electron chi connectivity index (χ3n) is 3.36. The van der Waals surface area contributed by atoms with Crippen molar-refractivity contribution in [3.05, 3.63) is 58.8 Å². The van der Waals surface area contributed by atoms with Crippen molar-refractivity contribution < 1.29 is 14.6 Å². The van der Waals surface area contributed by atoms with Crippen LogP contribution in [0.4, 0.5) is 0 Å². The summed E-state index contributed by atoms with van der Waals surface area (Å²) in [5.74, 6) is -0.726. The van der Waals surface area contributed by atoms with E-state index in [2.05, 4.69) is 9.98 Å². The maximum absolute atomic E-state index is 10.8. The van der Waals surface area contributed by atoms with Crippen LogP contribution in [0.5, 0.6) is 0 Å². The van der Waals surface area contributed by atoms with E-state index < -0.39 is 5.97 Å². The first-order chi connectivity index (χ1) is 12.4. The molecule has 0 atom stereocenters. The first kappa shape index (κ1) is 23.1. The minimum Gasteiger partial charge on any atom is -0.478 e. The summed E-state index contributed by atoms with van der Waals surface area (Å²) < 4.78 is 5.54. The number of carbonyl (C=O) groups is 1. The summed E-state index contributed by atoms with van der Waals surface area (Å²) in [6.45, 7) is 7.69. The van der Waals surface area contributed by atoms with E-state index in [1.165, 1.54) is 19.2 Å². The van der Waals surface area contributed by atoms with Gasteiger partial charge in [0.1, 0.15) is 6.61 Å². The van der Waals surface area contributed by atoms with Gasteiger partial charge in [0.25, 0.3) is 0 Å². The molecule has 6 nitrogen and oxygen atoms in total. The number of carboxylic acid groups (broad SMARTS) is 1. The predicted octanol–water partition coefficient (Wildman–Crippen LogP) is 3.57. The van der Waals surface area contributed by atoms with Crippen LogP contribution in [-0.2, 0) is 16.1 Å².